The number of hydrogen-bond donors (Lipinski definition) is 3. The predicted octanol–water partition coefficient (Wildman–Crippen LogP) is 5.23. The van der Waals surface area contributed by atoms with Crippen LogP contribution in [0.5, 0.6) is 0 Å². The summed E-state index contributed by atoms with van der Waals surface area (Å²) >= 11 is 0. The number of amides is 2. The second kappa shape index (κ2) is 11.9. The third-order valence-electron chi connectivity index (χ3n) is 7.00. The summed E-state index contributed by atoms with van der Waals surface area (Å²) in [7, 11) is 0. The van der Waals surface area contributed by atoms with E-state index in [0.717, 1.165) is 35.1 Å². The fourth-order valence-electron chi connectivity index (χ4n) is 4.81. The maximum Gasteiger partial charge on any atom is 0.407 e. The van der Waals surface area contributed by atoms with Crippen molar-refractivity contribution in [3.05, 3.63) is 59.7 Å². The highest BCUT2D eigenvalue weighted by Crippen LogP contribution is 2.44. The third kappa shape index (κ3) is 6.02. The molecule has 0 spiro atoms. The number of carboxylic acids is 1. The third-order valence-corrected chi connectivity index (χ3v) is 7.00. The smallest absolute Gasteiger partial charge is 0.407 e. The average Bonchev–Trinajstić information content (AvgIpc) is 3.18. The summed E-state index contributed by atoms with van der Waals surface area (Å²) in [6, 6.07) is 15.8. The fraction of sp³-hybridized carbons (Fsp3) is 0.464. The molecule has 0 aliphatic heterocycles. The van der Waals surface area contributed by atoms with Crippen LogP contribution in [0.1, 0.15) is 76.3 Å². The number of aliphatic carboxylic acids is 1. The number of carbonyl (C=O) groups excluding carboxylic acids is 2. The van der Waals surface area contributed by atoms with E-state index in [1.807, 2.05) is 31.2 Å². The first-order valence-electron chi connectivity index (χ1n) is 12.5. The molecule has 2 aromatic carbocycles. The first-order chi connectivity index (χ1) is 16.8. The molecule has 0 saturated carbocycles. The van der Waals surface area contributed by atoms with Crippen LogP contribution in [-0.4, -0.2) is 41.3 Å². The van der Waals surface area contributed by atoms with Gasteiger partial charge in [-0.1, -0.05) is 82.1 Å². The van der Waals surface area contributed by atoms with Crippen LogP contribution in [0.4, 0.5) is 4.79 Å². The molecule has 188 valence electrons. The Balaban J connectivity index is 1.63. The highest BCUT2D eigenvalue weighted by Gasteiger charge is 2.37. The molecule has 0 fully saturated rings. The maximum absolute atomic E-state index is 12.7. The number of benzene rings is 2. The van der Waals surface area contributed by atoms with Gasteiger partial charge in [0.15, 0.2) is 0 Å². The highest BCUT2D eigenvalue weighted by atomic mass is 16.5. The Hall–Kier alpha value is -3.35. The normalized spacial score (nSPS) is 13.5. The van der Waals surface area contributed by atoms with Gasteiger partial charge >= 0.3 is 12.1 Å². The van der Waals surface area contributed by atoms with Crippen molar-refractivity contribution in [3.8, 4) is 11.1 Å². The molecule has 3 N–H and O–H groups in total. The molecule has 0 bridgehead atoms. The molecule has 1 atom stereocenters. The lowest BCUT2D eigenvalue weighted by Gasteiger charge is -2.29. The van der Waals surface area contributed by atoms with Crippen molar-refractivity contribution >= 4 is 18.0 Å². The van der Waals surface area contributed by atoms with E-state index >= 15 is 0 Å². The predicted molar refractivity (Wildman–Crippen MR) is 135 cm³/mol. The zero-order valence-electron chi connectivity index (χ0n) is 20.8. The zero-order chi connectivity index (χ0) is 25.4. The van der Waals surface area contributed by atoms with E-state index in [1.54, 1.807) is 13.8 Å². The van der Waals surface area contributed by atoms with Crippen molar-refractivity contribution in [2.75, 3.05) is 6.61 Å². The molecule has 7 nitrogen and oxygen atoms in total. The quantitative estimate of drug-likeness (QED) is 0.386. The Morgan fingerprint density at radius 1 is 0.971 bits per heavy atom. The number of nitrogens with one attached hydrogen (secondary N) is 2. The molecule has 2 amide bonds. The molecule has 1 aliphatic carbocycles. The molecule has 1 aliphatic rings. The maximum atomic E-state index is 12.7. The zero-order valence-corrected chi connectivity index (χ0v) is 20.8. The summed E-state index contributed by atoms with van der Waals surface area (Å²) in [5, 5.41) is 15.1. The summed E-state index contributed by atoms with van der Waals surface area (Å²) in [6.07, 6.45) is 2.33. The first kappa shape index (κ1) is 26.3. The molecular formula is C28H36N2O5. The number of fused-ring (bicyclic) bond motifs is 3. The van der Waals surface area contributed by atoms with E-state index in [-0.39, 0.29) is 31.8 Å². The van der Waals surface area contributed by atoms with Crippen LogP contribution >= 0.6 is 0 Å². The first-order valence-corrected chi connectivity index (χ1v) is 12.5. The summed E-state index contributed by atoms with van der Waals surface area (Å²) in [4.78, 5) is 37.2. The van der Waals surface area contributed by atoms with Gasteiger partial charge in [0, 0.05) is 18.4 Å². The molecule has 1 unspecified atom stereocenters. The van der Waals surface area contributed by atoms with Crippen molar-refractivity contribution in [2.45, 2.75) is 76.8 Å². The molecule has 7 heteroatoms. The van der Waals surface area contributed by atoms with Crippen molar-refractivity contribution < 1.29 is 24.2 Å². The number of carboxylic acid groups (broad SMARTS) is 1. The van der Waals surface area contributed by atoms with Crippen LogP contribution < -0.4 is 10.6 Å². The molecule has 2 aromatic rings. The highest BCUT2D eigenvalue weighted by molar-refractivity contribution is 5.87. The second-order valence-corrected chi connectivity index (χ2v) is 9.16. The molecule has 3 rings (SSSR count). The largest absolute Gasteiger partial charge is 0.480 e. The van der Waals surface area contributed by atoms with E-state index in [4.69, 9.17) is 4.74 Å². The van der Waals surface area contributed by atoms with E-state index in [0.29, 0.717) is 6.42 Å². The lowest BCUT2D eigenvalue weighted by Crippen LogP contribution is -2.54. The minimum atomic E-state index is -1.30. The Labute approximate surface area is 207 Å². The number of carbonyl (C=O) groups is 3. The van der Waals surface area contributed by atoms with E-state index < -0.39 is 29.6 Å². The number of rotatable bonds is 12. The van der Waals surface area contributed by atoms with Crippen molar-refractivity contribution in [1.82, 2.24) is 10.6 Å². The number of hydrogen-bond acceptors (Lipinski definition) is 4. The number of ether oxygens (including phenoxy) is 1. The molecule has 0 heterocycles. The number of unbranched alkanes of at least 4 members (excludes halogenated alkanes) is 1. The Bertz CT molecular complexity index is 1000. The van der Waals surface area contributed by atoms with Crippen LogP contribution in [0.25, 0.3) is 11.1 Å². The molecule has 0 aromatic heterocycles. The lowest BCUT2D eigenvalue weighted by atomic mass is 9.92. The number of alkyl carbamates (subject to hydrolysis) is 1. The van der Waals surface area contributed by atoms with Gasteiger partial charge in [0.25, 0.3) is 0 Å². The fourth-order valence-corrected chi connectivity index (χ4v) is 4.81. The van der Waals surface area contributed by atoms with E-state index in [9.17, 15) is 19.5 Å². The van der Waals surface area contributed by atoms with E-state index in [2.05, 4.69) is 34.9 Å². The summed E-state index contributed by atoms with van der Waals surface area (Å²) in [6.45, 7) is 5.71. The van der Waals surface area contributed by atoms with Crippen LogP contribution in [0.3, 0.4) is 0 Å². The molecule has 35 heavy (non-hydrogen) atoms. The van der Waals surface area contributed by atoms with Crippen LogP contribution in [0.15, 0.2) is 48.5 Å². The van der Waals surface area contributed by atoms with Crippen LogP contribution in [0, 0.1) is 0 Å². The summed E-state index contributed by atoms with van der Waals surface area (Å²) in [5.41, 5.74) is 3.28. The Kier molecular flexibility index (Phi) is 8.90. The van der Waals surface area contributed by atoms with E-state index in [1.165, 1.54) is 0 Å². The van der Waals surface area contributed by atoms with Gasteiger partial charge < -0.3 is 20.5 Å². The standard InChI is InChI=1S/C28H36N2O5/c1-4-7-12-19(17-25(31)30-28(5-2,6-3)26(32)33)29-27(34)35-18-24-22-15-10-8-13-20(22)21-14-9-11-16-23(21)24/h8-11,13-16,19,24H,4-7,12,17-18H2,1-3H3,(H,29,34)(H,30,31)(H,32,33). The van der Waals surface area contributed by atoms with Gasteiger partial charge in [-0.3, -0.25) is 4.79 Å². The van der Waals surface area contributed by atoms with Crippen molar-refractivity contribution in [3.63, 3.8) is 0 Å². The summed E-state index contributed by atoms with van der Waals surface area (Å²) < 4.78 is 5.64. The SMILES string of the molecule is CCCCC(CC(=O)NC(CC)(CC)C(=O)O)NC(=O)OCC1c2ccccc2-c2ccccc21. The molecule has 0 radical (unpaired) electrons. The topological polar surface area (TPSA) is 105 Å². The van der Waals surface area contributed by atoms with Gasteiger partial charge in [-0.15, -0.1) is 0 Å². The van der Waals surface area contributed by atoms with Crippen LogP contribution in [-0.2, 0) is 14.3 Å². The minimum absolute atomic E-state index is 0.000768. The van der Waals surface area contributed by atoms with Crippen molar-refractivity contribution in [1.29, 1.82) is 0 Å². The Morgan fingerprint density at radius 3 is 2.06 bits per heavy atom. The Morgan fingerprint density at radius 2 is 1.54 bits per heavy atom. The van der Waals surface area contributed by atoms with Gasteiger partial charge in [-0.05, 0) is 41.5 Å². The minimum Gasteiger partial charge on any atom is -0.480 e. The summed E-state index contributed by atoms with van der Waals surface area (Å²) in [5.74, 6) is -1.49. The van der Waals surface area contributed by atoms with Gasteiger partial charge in [-0.25, -0.2) is 9.59 Å². The monoisotopic (exact) mass is 480 g/mol. The van der Waals surface area contributed by atoms with Gasteiger partial charge in [0.2, 0.25) is 5.91 Å². The van der Waals surface area contributed by atoms with Gasteiger partial charge in [0.1, 0.15) is 12.1 Å². The van der Waals surface area contributed by atoms with Gasteiger partial charge in [0.05, 0.1) is 0 Å². The molecular weight excluding hydrogens is 444 g/mol. The lowest BCUT2D eigenvalue weighted by molar-refractivity contribution is -0.148. The van der Waals surface area contributed by atoms with Crippen molar-refractivity contribution in [2.24, 2.45) is 0 Å². The molecule has 0 saturated heterocycles. The van der Waals surface area contributed by atoms with Crippen LogP contribution in [0.2, 0.25) is 0 Å². The average molecular weight is 481 g/mol. The second-order valence-electron chi connectivity index (χ2n) is 9.16. The van der Waals surface area contributed by atoms with Gasteiger partial charge in [-0.2, -0.15) is 0 Å².